The average Bonchev–Trinajstić information content (AvgIpc) is 2.57. The maximum atomic E-state index is 12.8. The molecule has 26 heavy (non-hydrogen) atoms. The van der Waals surface area contributed by atoms with Gasteiger partial charge in [-0.3, -0.25) is 14.9 Å². The number of nitrogens with zero attached hydrogens (tertiary/aromatic N) is 2. The number of carbonyl (C=O) groups is 1. The summed E-state index contributed by atoms with van der Waals surface area (Å²) in [6.45, 7) is 0. The summed E-state index contributed by atoms with van der Waals surface area (Å²) in [4.78, 5) is 23.2. The monoisotopic (exact) mass is 421 g/mol. The molecule has 138 valence electrons. The van der Waals surface area contributed by atoms with Crippen LogP contribution in [0.25, 0.3) is 0 Å². The predicted molar refractivity (Wildman–Crippen MR) is 98.8 cm³/mol. The Labute approximate surface area is 159 Å². The van der Waals surface area contributed by atoms with Crippen molar-refractivity contribution in [3.63, 3.8) is 0 Å². The minimum atomic E-state index is -0.546. The van der Waals surface area contributed by atoms with Gasteiger partial charge in [0.15, 0.2) is 0 Å². The van der Waals surface area contributed by atoms with Crippen LogP contribution in [0, 0.1) is 33.3 Å². The van der Waals surface area contributed by atoms with E-state index in [0.717, 1.165) is 19.3 Å². The fourth-order valence-electron chi connectivity index (χ4n) is 5.48. The molecule has 4 bridgehead atoms. The van der Waals surface area contributed by atoms with E-state index in [1.165, 1.54) is 37.6 Å². The first kappa shape index (κ1) is 17.5. The van der Waals surface area contributed by atoms with Gasteiger partial charge in [0.2, 0.25) is 5.91 Å². The number of benzene rings is 1. The summed E-state index contributed by atoms with van der Waals surface area (Å²) in [5.74, 6) is 1.77. The number of nitrogens with one attached hydrogen (secondary N) is 1. The Bertz CT molecular complexity index is 773. The highest BCUT2D eigenvalue weighted by atomic mass is 79.9. The molecule has 2 N–H and O–H groups in total. The Morgan fingerprint density at radius 1 is 1.27 bits per heavy atom. The van der Waals surface area contributed by atoms with Crippen LogP contribution in [0.5, 0.6) is 5.75 Å². The molecule has 7 nitrogen and oxygen atoms in total. The van der Waals surface area contributed by atoms with Crippen molar-refractivity contribution >= 4 is 33.7 Å². The van der Waals surface area contributed by atoms with Crippen LogP contribution < -0.4 is 5.43 Å². The van der Waals surface area contributed by atoms with Gasteiger partial charge in [-0.2, -0.15) is 5.10 Å². The summed E-state index contributed by atoms with van der Waals surface area (Å²) in [7, 11) is 0. The third kappa shape index (κ3) is 3.00. The molecule has 8 heteroatoms. The normalized spacial score (nSPS) is 32.1. The molecule has 1 aromatic carbocycles. The first-order valence-electron chi connectivity index (χ1n) is 8.87. The quantitative estimate of drug-likeness (QED) is 0.438. The van der Waals surface area contributed by atoms with Gasteiger partial charge in [-0.15, -0.1) is 0 Å². The molecule has 4 aliphatic rings. The fourth-order valence-corrected chi connectivity index (χ4v) is 5.94. The van der Waals surface area contributed by atoms with E-state index in [1.54, 1.807) is 0 Å². The van der Waals surface area contributed by atoms with Gasteiger partial charge < -0.3 is 5.11 Å². The highest BCUT2D eigenvalue weighted by molar-refractivity contribution is 9.10. The third-order valence-electron chi connectivity index (χ3n) is 6.18. The summed E-state index contributed by atoms with van der Waals surface area (Å²) >= 11 is 3.09. The zero-order chi connectivity index (χ0) is 18.5. The molecule has 5 rings (SSSR count). The largest absolute Gasteiger partial charge is 0.506 e. The minimum absolute atomic E-state index is 0.0585. The lowest BCUT2D eigenvalue weighted by molar-refractivity contribution is -0.385. The zero-order valence-electron chi connectivity index (χ0n) is 14.2. The van der Waals surface area contributed by atoms with Gasteiger partial charge in [0.1, 0.15) is 5.75 Å². The molecule has 0 spiro atoms. The lowest BCUT2D eigenvalue weighted by Crippen LogP contribution is -2.52. The molecule has 4 saturated carbocycles. The topological polar surface area (TPSA) is 105 Å². The van der Waals surface area contributed by atoms with E-state index in [1.807, 2.05) is 0 Å². The fraction of sp³-hybridized carbons (Fsp3) is 0.556. The number of carbonyl (C=O) groups excluding carboxylic acids is 1. The number of phenols is 1. The number of nitro benzene ring substituents is 1. The molecule has 0 saturated heterocycles. The Kier molecular flexibility index (Phi) is 4.25. The average molecular weight is 422 g/mol. The molecule has 0 aliphatic heterocycles. The van der Waals surface area contributed by atoms with Crippen molar-refractivity contribution in [1.29, 1.82) is 0 Å². The molecule has 0 atom stereocenters. The summed E-state index contributed by atoms with van der Waals surface area (Å²) in [5.41, 5.74) is 2.32. The second kappa shape index (κ2) is 6.33. The maximum absolute atomic E-state index is 12.8. The Hall–Kier alpha value is -1.96. The van der Waals surface area contributed by atoms with Crippen LogP contribution in [0.2, 0.25) is 0 Å². The number of amides is 1. The molecular formula is C18H20BrN3O4. The molecule has 1 amide bonds. The van der Waals surface area contributed by atoms with Crippen molar-refractivity contribution in [2.24, 2.45) is 28.3 Å². The number of halogens is 1. The number of hydrogen-bond donors (Lipinski definition) is 2. The van der Waals surface area contributed by atoms with Gasteiger partial charge in [-0.25, -0.2) is 5.43 Å². The summed E-state index contributed by atoms with van der Waals surface area (Å²) in [6.07, 6.45) is 7.84. The smallest absolute Gasteiger partial charge is 0.271 e. The molecular weight excluding hydrogens is 402 g/mol. The number of phenolic OH excluding ortho intramolecular Hbond substituents is 1. The Morgan fingerprint density at radius 2 is 1.85 bits per heavy atom. The van der Waals surface area contributed by atoms with Crippen molar-refractivity contribution in [1.82, 2.24) is 5.43 Å². The highest BCUT2D eigenvalue weighted by Gasteiger charge is 2.54. The molecule has 0 heterocycles. The van der Waals surface area contributed by atoms with Gasteiger partial charge in [0, 0.05) is 17.7 Å². The van der Waals surface area contributed by atoms with E-state index in [2.05, 4.69) is 26.5 Å². The van der Waals surface area contributed by atoms with Crippen molar-refractivity contribution in [2.75, 3.05) is 0 Å². The standard InChI is InChI=1S/C18H20BrN3O4/c19-15-5-14(22(25)26)4-13(16(15)23)9-20-21-17(24)18-6-10-1-11(7-18)3-12(2-10)8-18/h4-5,9-12,23H,1-3,6-8H2,(H,21,24). The minimum Gasteiger partial charge on any atom is -0.506 e. The number of non-ortho nitro benzene ring substituents is 1. The second-order valence-corrected chi connectivity index (χ2v) is 8.87. The number of hydrogen-bond acceptors (Lipinski definition) is 5. The van der Waals surface area contributed by atoms with Crippen molar-refractivity contribution < 1.29 is 14.8 Å². The number of hydrazone groups is 1. The van der Waals surface area contributed by atoms with Crippen LogP contribution >= 0.6 is 15.9 Å². The highest BCUT2D eigenvalue weighted by Crippen LogP contribution is 2.60. The molecule has 1 aromatic rings. The van der Waals surface area contributed by atoms with E-state index >= 15 is 0 Å². The van der Waals surface area contributed by atoms with Gasteiger partial charge in [-0.05, 0) is 72.2 Å². The first-order chi connectivity index (χ1) is 12.4. The summed E-state index contributed by atoms with van der Waals surface area (Å²) in [5, 5.41) is 24.9. The van der Waals surface area contributed by atoms with Crippen LogP contribution in [0.4, 0.5) is 5.69 Å². The van der Waals surface area contributed by atoms with E-state index in [9.17, 15) is 20.0 Å². The number of rotatable bonds is 4. The van der Waals surface area contributed by atoms with Crippen molar-refractivity contribution in [3.05, 3.63) is 32.3 Å². The lowest BCUT2D eigenvalue weighted by Gasteiger charge is -2.55. The Morgan fingerprint density at radius 3 is 2.38 bits per heavy atom. The van der Waals surface area contributed by atoms with Crippen LogP contribution in [0.3, 0.4) is 0 Å². The molecule has 4 fully saturated rings. The van der Waals surface area contributed by atoms with Crippen LogP contribution in [0.15, 0.2) is 21.7 Å². The third-order valence-corrected chi connectivity index (χ3v) is 6.78. The predicted octanol–water partition coefficient (Wildman–Crippen LogP) is 3.73. The first-order valence-corrected chi connectivity index (χ1v) is 9.66. The molecule has 0 unspecified atom stereocenters. The van der Waals surface area contributed by atoms with E-state index in [4.69, 9.17) is 0 Å². The van der Waals surface area contributed by atoms with Crippen LogP contribution in [0.1, 0.15) is 44.1 Å². The van der Waals surface area contributed by atoms with Gasteiger partial charge in [-0.1, -0.05) is 0 Å². The number of aromatic hydroxyl groups is 1. The lowest BCUT2D eigenvalue weighted by atomic mass is 9.49. The zero-order valence-corrected chi connectivity index (χ0v) is 15.7. The summed E-state index contributed by atoms with van der Waals surface area (Å²) in [6, 6.07) is 2.45. The molecule has 4 aliphatic carbocycles. The van der Waals surface area contributed by atoms with Crippen LogP contribution in [-0.2, 0) is 4.79 Å². The van der Waals surface area contributed by atoms with E-state index in [-0.39, 0.29) is 32.8 Å². The molecule has 0 radical (unpaired) electrons. The summed E-state index contributed by atoms with van der Waals surface area (Å²) < 4.78 is 0.209. The van der Waals surface area contributed by atoms with Gasteiger partial charge in [0.05, 0.1) is 21.0 Å². The maximum Gasteiger partial charge on any atom is 0.271 e. The SMILES string of the molecule is O=C(NN=Cc1cc([N+](=O)[O-])cc(Br)c1O)C12CC3CC(CC(C3)C1)C2. The molecule has 0 aromatic heterocycles. The van der Waals surface area contributed by atoms with Gasteiger partial charge >= 0.3 is 0 Å². The van der Waals surface area contributed by atoms with E-state index in [0.29, 0.717) is 17.8 Å². The van der Waals surface area contributed by atoms with Crippen LogP contribution in [-0.4, -0.2) is 22.2 Å². The van der Waals surface area contributed by atoms with Crippen molar-refractivity contribution in [2.45, 2.75) is 38.5 Å². The second-order valence-electron chi connectivity index (χ2n) is 8.02. The van der Waals surface area contributed by atoms with Crippen molar-refractivity contribution in [3.8, 4) is 5.75 Å². The van der Waals surface area contributed by atoms with Gasteiger partial charge in [0.25, 0.3) is 5.69 Å². The Balaban J connectivity index is 1.49. The van der Waals surface area contributed by atoms with E-state index < -0.39 is 4.92 Å². The number of nitro groups is 1.